The van der Waals surface area contributed by atoms with E-state index in [0.29, 0.717) is 0 Å². The topological polar surface area (TPSA) is 0 Å². The molecule has 0 N–H and O–H groups in total. The second-order valence-corrected chi connectivity index (χ2v) is 2.80. The first-order valence-corrected chi connectivity index (χ1v) is 4.40. The maximum atomic E-state index is 4.50. The van der Waals surface area contributed by atoms with Gasteiger partial charge in [0.1, 0.15) is 0 Å². The first kappa shape index (κ1) is 9.85. The molecule has 64 valence electrons. The minimum atomic E-state index is 1.33. The van der Waals surface area contributed by atoms with Gasteiger partial charge >= 0.3 is 0 Å². The van der Waals surface area contributed by atoms with E-state index in [1.165, 1.54) is 23.2 Å². The highest BCUT2D eigenvalue weighted by Crippen LogP contribution is 2.16. The third kappa shape index (κ3) is 2.12. The minimum absolute atomic E-state index is 1.33. The summed E-state index contributed by atoms with van der Waals surface area (Å²) < 4.78 is 0. The molecule has 0 fully saturated rings. The zero-order chi connectivity index (χ0) is 9.68. The Labute approximate surface area is 81.0 Å². The van der Waals surface area contributed by atoms with Crippen molar-refractivity contribution in [3.05, 3.63) is 48.0 Å². The molecule has 2 aromatic carbocycles. The molecule has 0 nitrogen and oxygen atoms in total. The third-order valence-corrected chi connectivity index (χ3v) is 2.01. The van der Waals surface area contributed by atoms with Crippen LogP contribution in [0.1, 0.15) is 5.56 Å². The molecule has 2 radical (unpaired) electrons. The van der Waals surface area contributed by atoms with E-state index < -0.39 is 0 Å². The minimum Gasteiger partial charge on any atom is -0.0999 e. The van der Waals surface area contributed by atoms with Crippen LogP contribution in [0, 0.1) is 6.92 Å². The molecule has 0 bridgehead atoms. The number of fused-ring (bicyclic) bond motifs is 1. The summed E-state index contributed by atoms with van der Waals surface area (Å²) in [6, 6.07) is 14.8. The molecule has 0 amide bonds. The highest BCUT2D eigenvalue weighted by atomic mass is 14.0. The van der Waals surface area contributed by atoms with E-state index in [2.05, 4.69) is 57.2 Å². The average molecular weight is 168 g/mol. The predicted molar refractivity (Wildman–Crippen MR) is 60.3 cm³/mol. The second kappa shape index (κ2) is 4.71. The van der Waals surface area contributed by atoms with Gasteiger partial charge in [-0.3, -0.25) is 0 Å². The van der Waals surface area contributed by atoms with Gasteiger partial charge in [0, 0.05) is 0 Å². The van der Waals surface area contributed by atoms with Crippen LogP contribution in [0.5, 0.6) is 0 Å². The van der Waals surface area contributed by atoms with Crippen LogP contribution in [0.3, 0.4) is 0 Å². The van der Waals surface area contributed by atoms with Crippen molar-refractivity contribution < 1.29 is 0 Å². The predicted octanol–water partition coefficient (Wildman–Crippen LogP) is 3.35. The molecule has 2 aromatic rings. The van der Waals surface area contributed by atoms with E-state index in [-0.39, 0.29) is 0 Å². The lowest BCUT2D eigenvalue weighted by atomic mass is 10.1. The van der Waals surface area contributed by atoms with Crippen molar-refractivity contribution in [2.75, 3.05) is 0 Å². The smallest absolute Gasteiger partial charge is 0.0606 e. The van der Waals surface area contributed by atoms with Gasteiger partial charge in [-0.05, 0) is 23.3 Å². The Bertz CT molecular complexity index is 374. The monoisotopic (exact) mass is 168 g/mol. The molecule has 2 rings (SSSR count). The lowest BCUT2D eigenvalue weighted by Crippen LogP contribution is -1.75. The van der Waals surface area contributed by atoms with Gasteiger partial charge in [0.25, 0.3) is 0 Å². The van der Waals surface area contributed by atoms with Gasteiger partial charge in [0.15, 0.2) is 0 Å². The Morgan fingerprint density at radius 2 is 1.46 bits per heavy atom. The van der Waals surface area contributed by atoms with E-state index in [0.717, 1.165) is 0 Å². The van der Waals surface area contributed by atoms with Crippen molar-refractivity contribution >= 4 is 18.6 Å². The SMILES string of the molecule is Cc1cccc2ccccc12.[B]C. The van der Waals surface area contributed by atoms with Crippen molar-refractivity contribution in [2.24, 2.45) is 0 Å². The Morgan fingerprint density at radius 1 is 0.846 bits per heavy atom. The number of aryl methyl sites for hydroxylation is 1. The normalized spacial score (nSPS) is 9.08. The van der Waals surface area contributed by atoms with Gasteiger partial charge < -0.3 is 0 Å². The number of rotatable bonds is 0. The summed E-state index contributed by atoms with van der Waals surface area (Å²) in [4.78, 5) is 0. The molecule has 0 aromatic heterocycles. The Balaban J connectivity index is 0.000000396. The zero-order valence-corrected chi connectivity index (χ0v) is 8.12. The van der Waals surface area contributed by atoms with E-state index >= 15 is 0 Å². The largest absolute Gasteiger partial charge is 0.0999 e. The van der Waals surface area contributed by atoms with Gasteiger partial charge in [-0.2, -0.15) is 0 Å². The van der Waals surface area contributed by atoms with Crippen LogP contribution < -0.4 is 0 Å². The van der Waals surface area contributed by atoms with Crippen LogP contribution in [0.25, 0.3) is 10.8 Å². The fourth-order valence-corrected chi connectivity index (χ4v) is 1.39. The summed E-state index contributed by atoms with van der Waals surface area (Å²) in [5.74, 6) is 0. The molecular formula is C12H13B. The average Bonchev–Trinajstić information content (AvgIpc) is 2.22. The molecule has 13 heavy (non-hydrogen) atoms. The summed E-state index contributed by atoms with van der Waals surface area (Å²) in [5.41, 5.74) is 1.35. The van der Waals surface area contributed by atoms with E-state index in [1.54, 1.807) is 0 Å². The molecule has 0 aliphatic carbocycles. The highest BCUT2D eigenvalue weighted by molar-refractivity contribution is 6.05. The number of hydrogen-bond acceptors (Lipinski definition) is 0. The molecular weight excluding hydrogens is 155 g/mol. The standard InChI is InChI=1S/C11H10.CH3B/c1-9-5-4-7-10-6-2-3-8-11(9)10;1-2/h2-8H,1H3;1H3. The molecule has 0 heterocycles. The Hall–Kier alpha value is -1.24. The molecule has 0 atom stereocenters. The van der Waals surface area contributed by atoms with Crippen molar-refractivity contribution in [1.82, 2.24) is 0 Å². The fraction of sp³-hybridized carbons (Fsp3) is 0.167. The first-order valence-electron chi connectivity index (χ1n) is 4.40. The van der Waals surface area contributed by atoms with Gasteiger partial charge in [-0.25, -0.2) is 0 Å². The van der Waals surface area contributed by atoms with Crippen molar-refractivity contribution in [3.8, 4) is 0 Å². The van der Waals surface area contributed by atoms with Crippen LogP contribution in [-0.2, 0) is 0 Å². The maximum Gasteiger partial charge on any atom is 0.0606 e. The molecule has 0 unspecified atom stereocenters. The quantitative estimate of drug-likeness (QED) is 0.529. The lowest BCUT2D eigenvalue weighted by Gasteiger charge is -1.98. The van der Waals surface area contributed by atoms with E-state index in [4.69, 9.17) is 0 Å². The third-order valence-electron chi connectivity index (χ3n) is 2.01. The molecule has 0 aliphatic rings. The molecule has 0 saturated heterocycles. The maximum absolute atomic E-state index is 4.50. The van der Waals surface area contributed by atoms with Gasteiger partial charge in [0.05, 0.1) is 7.85 Å². The van der Waals surface area contributed by atoms with Crippen LogP contribution in [0.15, 0.2) is 42.5 Å². The second-order valence-electron chi connectivity index (χ2n) is 2.80. The highest BCUT2D eigenvalue weighted by Gasteiger charge is 1.91. The van der Waals surface area contributed by atoms with Crippen molar-refractivity contribution in [3.63, 3.8) is 0 Å². The van der Waals surface area contributed by atoms with Crippen LogP contribution in [-0.4, -0.2) is 7.85 Å². The molecule has 1 heteroatoms. The molecule has 0 spiro atoms. The Morgan fingerprint density at radius 3 is 2.15 bits per heavy atom. The molecule has 0 saturated carbocycles. The fourth-order valence-electron chi connectivity index (χ4n) is 1.39. The number of benzene rings is 2. The lowest BCUT2D eigenvalue weighted by molar-refractivity contribution is 1.53. The first-order chi connectivity index (χ1) is 6.38. The summed E-state index contributed by atoms with van der Waals surface area (Å²) in [7, 11) is 4.50. The van der Waals surface area contributed by atoms with E-state index in [9.17, 15) is 0 Å². The van der Waals surface area contributed by atoms with Crippen LogP contribution in [0.2, 0.25) is 6.82 Å². The van der Waals surface area contributed by atoms with Gasteiger partial charge in [-0.1, -0.05) is 49.3 Å². The number of hydrogen-bond donors (Lipinski definition) is 0. The summed E-state index contributed by atoms with van der Waals surface area (Å²) in [6.07, 6.45) is 0. The van der Waals surface area contributed by atoms with Gasteiger partial charge in [0.2, 0.25) is 0 Å². The zero-order valence-electron chi connectivity index (χ0n) is 8.12. The van der Waals surface area contributed by atoms with E-state index in [1.807, 2.05) is 0 Å². The van der Waals surface area contributed by atoms with Crippen molar-refractivity contribution in [1.29, 1.82) is 0 Å². The Kier molecular flexibility index (Phi) is 3.57. The summed E-state index contributed by atoms with van der Waals surface area (Å²) in [5, 5.41) is 2.68. The van der Waals surface area contributed by atoms with Crippen LogP contribution in [0.4, 0.5) is 0 Å². The van der Waals surface area contributed by atoms with Crippen LogP contribution >= 0.6 is 0 Å². The van der Waals surface area contributed by atoms with Crippen molar-refractivity contribution in [2.45, 2.75) is 13.7 Å². The van der Waals surface area contributed by atoms with Gasteiger partial charge in [-0.15, -0.1) is 0 Å². The molecule has 0 aliphatic heterocycles. The summed E-state index contributed by atoms with van der Waals surface area (Å²) >= 11 is 0. The summed E-state index contributed by atoms with van der Waals surface area (Å²) in [6.45, 7) is 3.64.